The second-order valence-corrected chi connectivity index (χ2v) is 8.74. The molecule has 1 aromatic heterocycles. The van der Waals surface area contributed by atoms with Gasteiger partial charge in [-0.25, -0.2) is 18.4 Å². The van der Waals surface area contributed by atoms with Crippen molar-refractivity contribution >= 4 is 15.7 Å². The molecule has 1 amide bonds. The average molecular weight is 373 g/mol. The number of aryl methyl sites for hydroxylation is 1. The Balaban J connectivity index is 1.54. The number of hydrogen-bond acceptors (Lipinski definition) is 5. The number of likely N-dealkylation sites (tertiary alicyclic amines) is 1. The summed E-state index contributed by atoms with van der Waals surface area (Å²) in [6, 6.07) is 8.28. The number of aromatic nitrogens is 2. The number of benzene rings is 1. The van der Waals surface area contributed by atoms with Gasteiger partial charge in [0.2, 0.25) is 5.91 Å². The van der Waals surface area contributed by atoms with Gasteiger partial charge in [0.1, 0.15) is 6.33 Å². The van der Waals surface area contributed by atoms with Crippen LogP contribution in [-0.2, 0) is 14.6 Å². The van der Waals surface area contributed by atoms with Crippen molar-refractivity contribution < 1.29 is 13.2 Å². The predicted molar refractivity (Wildman–Crippen MR) is 98.4 cm³/mol. The number of carbonyl (C=O) groups is 1. The molecule has 0 radical (unpaired) electrons. The molecule has 2 aromatic rings. The summed E-state index contributed by atoms with van der Waals surface area (Å²) in [4.78, 5) is 22.9. The molecule has 1 aliphatic rings. The molecule has 0 spiro atoms. The van der Waals surface area contributed by atoms with Crippen LogP contribution < -0.4 is 0 Å². The largest absolute Gasteiger partial charge is 0.343 e. The summed E-state index contributed by atoms with van der Waals surface area (Å²) in [5, 5.41) is 0. The second kappa shape index (κ2) is 7.95. The van der Waals surface area contributed by atoms with E-state index >= 15 is 0 Å². The van der Waals surface area contributed by atoms with Gasteiger partial charge in [-0.1, -0.05) is 18.2 Å². The van der Waals surface area contributed by atoms with Crippen LogP contribution in [0.3, 0.4) is 0 Å². The van der Waals surface area contributed by atoms with Gasteiger partial charge in [-0.2, -0.15) is 0 Å². The van der Waals surface area contributed by atoms with Crippen molar-refractivity contribution in [1.82, 2.24) is 14.9 Å². The minimum absolute atomic E-state index is 0.0223. The number of amides is 1. The quantitative estimate of drug-likeness (QED) is 0.804. The molecule has 0 aliphatic carbocycles. The maximum Gasteiger partial charge on any atom is 0.223 e. The zero-order chi connectivity index (χ0) is 18.6. The lowest BCUT2D eigenvalue weighted by atomic mass is 9.91. The highest BCUT2D eigenvalue weighted by Crippen LogP contribution is 2.28. The van der Waals surface area contributed by atoms with Crippen LogP contribution >= 0.6 is 0 Å². The Bertz CT molecular complexity index is 861. The van der Waals surface area contributed by atoms with Crippen LogP contribution in [0, 0.1) is 6.92 Å². The third kappa shape index (κ3) is 4.27. The van der Waals surface area contributed by atoms with Crippen molar-refractivity contribution in [3.8, 4) is 0 Å². The molecule has 26 heavy (non-hydrogen) atoms. The molecule has 3 rings (SSSR count). The topological polar surface area (TPSA) is 80.2 Å². The van der Waals surface area contributed by atoms with Crippen LogP contribution in [0.1, 0.15) is 36.4 Å². The SMILES string of the molecule is Cc1cncnc1C1CCN(C(=O)CCS(=O)(=O)c2ccccc2)CC1. The molecule has 0 unspecified atom stereocenters. The molecule has 6 nitrogen and oxygen atoms in total. The summed E-state index contributed by atoms with van der Waals surface area (Å²) in [6.45, 7) is 3.28. The standard InChI is InChI=1S/C19H23N3O3S/c1-15-13-20-14-21-19(15)16-7-10-22(11-8-16)18(23)9-12-26(24,25)17-5-3-2-4-6-17/h2-6,13-14,16H,7-12H2,1H3. The van der Waals surface area contributed by atoms with Gasteiger partial charge in [0, 0.05) is 37.3 Å². The van der Waals surface area contributed by atoms with Crippen molar-refractivity contribution in [3.05, 3.63) is 54.1 Å². The van der Waals surface area contributed by atoms with E-state index < -0.39 is 9.84 Å². The van der Waals surface area contributed by atoms with Crippen LogP contribution in [-0.4, -0.2) is 48.0 Å². The maximum atomic E-state index is 12.4. The molecule has 0 atom stereocenters. The number of sulfone groups is 1. The third-order valence-corrected chi connectivity index (χ3v) is 6.59. The van der Waals surface area contributed by atoms with Crippen LogP contribution in [0.2, 0.25) is 0 Å². The minimum Gasteiger partial charge on any atom is -0.343 e. The molecule has 1 fully saturated rings. The first-order valence-electron chi connectivity index (χ1n) is 8.79. The molecular weight excluding hydrogens is 350 g/mol. The van der Waals surface area contributed by atoms with Gasteiger partial charge in [0.05, 0.1) is 10.6 Å². The molecule has 0 saturated carbocycles. The first-order valence-corrected chi connectivity index (χ1v) is 10.4. The van der Waals surface area contributed by atoms with E-state index in [9.17, 15) is 13.2 Å². The molecule has 1 aromatic carbocycles. The van der Waals surface area contributed by atoms with E-state index in [0.29, 0.717) is 19.0 Å². The Morgan fingerprint density at radius 3 is 2.54 bits per heavy atom. The molecule has 2 heterocycles. The van der Waals surface area contributed by atoms with Crippen molar-refractivity contribution in [3.63, 3.8) is 0 Å². The summed E-state index contributed by atoms with van der Waals surface area (Å²) < 4.78 is 24.6. The third-order valence-electron chi connectivity index (χ3n) is 4.86. The first-order chi connectivity index (χ1) is 12.5. The van der Waals surface area contributed by atoms with Crippen LogP contribution in [0.4, 0.5) is 0 Å². The fourth-order valence-electron chi connectivity index (χ4n) is 3.36. The lowest BCUT2D eigenvalue weighted by Gasteiger charge is -2.32. The first kappa shape index (κ1) is 18.5. The second-order valence-electron chi connectivity index (χ2n) is 6.63. The van der Waals surface area contributed by atoms with Crippen molar-refractivity contribution in [2.75, 3.05) is 18.8 Å². The van der Waals surface area contributed by atoms with E-state index in [0.717, 1.165) is 24.1 Å². The molecule has 1 aliphatic heterocycles. The van der Waals surface area contributed by atoms with Crippen molar-refractivity contribution in [2.24, 2.45) is 0 Å². The number of hydrogen-bond donors (Lipinski definition) is 0. The van der Waals surface area contributed by atoms with Crippen LogP contribution in [0.5, 0.6) is 0 Å². The highest BCUT2D eigenvalue weighted by molar-refractivity contribution is 7.91. The van der Waals surface area contributed by atoms with Gasteiger partial charge in [0.15, 0.2) is 9.84 Å². The minimum atomic E-state index is -3.42. The Hall–Kier alpha value is -2.28. The van der Waals surface area contributed by atoms with Crippen molar-refractivity contribution in [2.45, 2.75) is 37.0 Å². The average Bonchev–Trinajstić information content (AvgIpc) is 2.67. The Morgan fingerprint density at radius 2 is 1.88 bits per heavy atom. The Kier molecular flexibility index (Phi) is 5.66. The van der Waals surface area contributed by atoms with Crippen LogP contribution in [0.15, 0.2) is 47.8 Å². The number of carbonyl (C=O) groups excluding carboxylic acids is 1. The van der Waals surface area contributed by atoms with E-state index in [1.165, 1.54) is 0 Å². The zero-order valence-corrected chi connectivity index (χ0v) is 15.7. The predicted octanol–water partition coefficient (Wildman–Crippen LogP) is 2.36. The fraction of sp³-hybridized carbons (Fsp3) is 0.421. The fourth-order valence-corrected chi connectivity index (χ4v) is 4.61. The van der Waals surface area contributed by atoms with Crippen molar-refractivity contribution in [1.29, 1.82) is 0 Å². The van der Waals surface area contributed by atoms with Gasteiger partial charge in [0.25, 0.3) is 0 Å². The van der Waals surface area contributed by atoms with Gasteiger partial charge in [-0.3, -0.25) is 4.79 Å². The summed E-state index contributed by atoms with van der Waals surface area (Å²) in [5.74, 6) is 0.0818. The lowest BCUT2D eigenvalue weighted by molar-refractivity contribution is -0.131. The Morgan fingerprint density at radius 1 is 1.19 bits per heavy atom. The van der Waals surface area contributed by atoms with Gasteiger partial charge in [-0.05, 0) is 37.5 Å². The highest BCUT2D eigenvalue weighted by Gasteiger charge is 2.26. The zero-order valence-electron chi connectivity index (χ0n) is 14.8. The maximum absolute atomic E-state index is 12.4. The monoisotopic (exact) mass is 373 g/mol. The number of piperidine rings is 1. The summed E-state index contributed by atoms with van der Waals surface area (Å²) in [5.41, 5.74) is 2.13. The molecule has 0 bridgehead atoms. The normalized spacial score (nSPS) is 15.8. The summed E-state index contributed by atoms with van der Waals surface area (Å²) >= 11 is 0. The van der Waals surface area contributed by atoms with Gasteiger partial charge < -0.3 is 4.90 Å². The van der Waals surface area contributed by atoms with E-state index in [1.54, 1.807) is 41.6 Å². The smallest absolute Gasteiger partial charge is 0.223 e. The summed E-state index contributed by atoms with van der Waals surface area (Å²) in [7, 11) is -3.42. The lowest BCUT2D eigenvalue weighted by Crippen LogP contribution is -2.38. The molecule has 138 valence electrons. The number of rotatable bonds is 5. The van der Waals surface area contributed by atoms with E-state index in [-0.39, 0.29) is 23.0 Å². The van der Waals surface area contributed by atoms with E-state index in [1.807, 2.05) is 13.1 Å². The highest BCUT2D eigenvalue weighted by atomic mass is 32.2. The number of nitrogens with zero attached hydrogens (tertiary/aromatic N) is 3. The summed E-state index contributed by atoms with van der Waals surface area (Å²) in [6.07, 6.45) is 5.08. The van der Waals surface area contributed by atoms with E-state index in [4.69, 9.17) is 0 Å². The Labute approximate surface area is 154 Å². The molecule has 1 saturated heterocycles. The van der Waals surface area contributed by atoms with Crippen LogP contribution in [0.25, 0.3) is 0 Å². The molecule has 7 heteroatoms. The molecule has 0 N–H and O–H groups in total. The molecular formula is C19H23N3O3S. The van der Waals surface area contributed by atoms with E-state index in [2.05, 4.69) is 9.97 Å². The van der Waals surface area contributed by atoms with Gasteiger partial charge >= 0.3 is 0 Å². The van der Waals surface area contributed by atoms with Gasteiger partial charge in [-0.15, -0.1) is 0 Å².